The van der Waals surface area contributed by atoms with E-state index in [4.69, 9.17) is 10.3 Å². The normalized spacial score (nSPS) is 12.5. The third kappa shape index (κ3) is 6.03. The van der Waals surface area contributed by atoms with Crippen molar-refractivity contribution in [2.24, 2.45) is 11.8 Å². The summed E-state index contributed by atoms with van der Waals surface area (Å²) in [6.07, 6.45) is -0.0941. The van der Waals surface area contributed by atoms with Crippen LogP contribution in [0.5, 0.6) is 0 Å². The van der Waals surface area contributed by atoms with Crippen molar-refractivity contribution in [3.05, 3.63) is 0 Å². The van der Waals surface area contributed by atoms with Crippen LogP contribution >= 0.6 is 0 Å². The summed E-state index contributed by atoms with van der Waals surface area (Å²) >= 11 is 0. The molecule has 4 N–H and O–H groups in total. The first kappa shape index (κ1) is 13.9. The fourth-order valence-corrected chi connectivity index (χ4v) is 1.15. The van der Waals surface area contributed by atoms with Gasteiger partial charge in [-0.1, -0.05) is 13.8 Å². The molecule has 0 aliphatic rings. The van der Waals surface area contributed by atoms with Crippen LogP contribution in [0.4, 0.5) is 0 Å². The van der Waals surface area contributed by atoms with Gasteiger partial charge in [0.05, 0.1) is 12.3 Å². The zero-order valence-corrected chi connectivity index (χ0v) is 8.99. The molecule has 0 aromatic rings. The molecule has 0 radical (unpaired) electrons. The van der Waals surface area contributed by atoms with Gasteiger partial charge in [-0.2, -0.15) is 0 Å². The van der Waals surface area contributed by atoms with Gasteiger partial charge in [-0.3, -0.25) is 9.59 Å². The first-order valence-electron chi connectivity index (χ1n) is 4.85. The number of carbonyl (C=O) groups excluding carboxylic acids is 1. The topological polar surface area (TPSA) is 98.7 Å². The molecule has 0 aliphatic heterocycles. The van der Waals surface area contributed by atoms with Gasteiger partial charge < -0.3 is 15.6 Å². The fraction of sp³-hybridized carbons (Fsp3) is 0.778. The maximum atomic E-state index is 11.5. The number of rotatable bonds is 7. The van der Waals surface area contributed by atoms with Crippen molar-refractivity contribution in [1.82, 2.24) is 10.8 Å². The molecule has 1 amide bonds. The molecule has 0 saturated carbocycles. The third-order valence-corrected chi connectivity index (χ3v) is 2.09. The second-order valence-corrected chi connectivity index (χ2v) is 3.65. The number of hydroxylamine groups is 1. The first-order chi connectivity index (χ1) is 6.99. The van der Waals surface area contributed by atoms with Crippen LogP contribution in [0.2, 0.25) is 0 Å². The molecule has 0 heterocycles. The van der Waals surface area contributed by atoms with Crippen molar-refractivity contribution in [2.45, 2.75) is 20.3 Å². The van der Waals surface area contributed by atoms with Crippen LogP contribution in [0, 0.1) is 11.8 Å². The molecule has 1 atom stereocenters. The van der Waals surface area contributed by atoms with Crippen molar-refractivity contribution in [2.75, 3.05) is 13.1 Å². The number of carboxylic acids is 1. The van der Waals surface area contributed by atoms with Gasteiger partial charge >= 0.3 is 5.97 Å². The smallest absolute Gasteiger partial charge is 0.305 e. The number of nitrogens with one attached hydrogen (secondary N) is 2. The summed E-state index contributed by atoms with van der Waals surface area (Å²) in [5.41, 5.74) is 1.95. The van der Waals surface area contributed by atoms with E-state index in [-0.39, 0.29) is 37.3 Å². The lowest BCUT2D eigenvalue weighted by atomic mass is 9.95. The van der Waals surface area contributed by atoms with Crippen molar-refractivity contribution in [3.8, 4) is 0 Å². The minimum Gasteiger partial charge on any atom is -0.481 e. The van der Waals surface area contributed by atoms with Crippen molar-refractivity contribution < 1.29 is 19.9 Å². The van der Waals surface area contributed by atoms with E-state index in [1.54, 1.807) is 0 Å². The summed E-state index contributed by atoms with van der Waals surface area (Å²) in [5.74, 6) is -1.47. The van der Waals surface area contributed by atoms with Crippen LogP contribution in [0.15, 0.2) is 0 Å². The maximum absolute atomic E-state index is 11.5. The number of hydrogen-bond donors (Lipinski definition) is 4. The second kappa shape index (κ2) is 7.19. The Labute approximate surface area is 88.6 Å². The van der Waals surface area contributed by atoms with Gasteiger partial charge in [0, 0.05) is 13.1 Å². The van der Waals surface area contributed by atoms with E-state index in [0.29, 0.717) is 0 Å². The molecule has 0 bridgehead atoms. The molecule has 15 heavy (non-hydrogen) atoms. The SMILES string of the molecule is CC(C)C(CNO)C(=O)NCCC(=O)O. The predicted octanol–water partition coefficient (Wildman–Crippen LogP) is -0.172. The Morgan fingerprint density at radius 3 is 2.33 bits per heavy atom. The molecule has 0 aromatic carbocycles. The molecule has 6 heteroatoms. The van der Waals surface area contributed by atoms with Crippen LogP contribution in [-0.2, 0) is 9.59 Å². The average Bonchev–Trinajstić information content (AvgIpc) is 2.12. The number of carboxylic acid groups (broad SMARTS) is 1. The molecule has 0 aliphatic carbocycles. The van der Waals surface area contributed by atoms with Crippen LogP contribution in [0.25, 0.3) is 0 Å². The van der Waals surface area contributed by atoms with Crippen molar-refractivity contribution >= 4 is 11.9 Å². The summed E-state index contributed by atoms with van der Waals surface area (Å²) in [4.78, 5) is 21.7. The van der Waals surface area contributed by atoms with Gasteiger partial charge in [-0.15, -0.1) is 0 Å². The van der Waals surface area contributed by atoms with E-state index in [9.17, 15) is 9.59 Å². The van der Waals surface area contributed by atoms with E-state index >= 15 is 0 Å². The Morgan fingerprint density at radius 2 is 1.93 bits per heavy atom. The lowest BCUT2D eigenvalue weighted by molar-refractivity contribution is -0.137. The molecule has 0 spiro atoms. The molecular formula is C9H18N2O4. The fourth-order valence-electron chi connectivity index (χ4n) is 1.15. The lowest BCUT2D eigenvalue weighted by Gasteiger charge is -2.18. The molecular weight excluding hydrogens is 200 g/mol. The molecule has 88 valence electrons. The minimum absolute atomic E-state index is 0.0782. The van der Waals surface area contributed by atoms with E-state index in [0.717, 1.165) is 0 Å². The highest BCUT2D eigenvalue weighted by molar-refractivity contribution is 5.79. The van der Waals surface area contributed by atoms with Crippen LogP contribution < -0.4 is 10.8 Å². The number of hydrogen-bond acceptors (Lipinski definition) is 4. The average molecular weight is 218 g/mol. The number of amides is 1. The standard InChI is InChI=1S/C9H18N2O4/c1-6(2)7(5-11-15)9(14)10-4-3-8(12)13/h6-7,11,15H,3-5H2,1-2H3,(H,10,14)(H,12,13). The molecule has 0 saturated heterocycles. The van der Waals surface area contributed by atoms with Crippen molar-refractivity contribution in [3.63, 3.8) is 0 Å². The molecule has 0 aromatic heterocycles. The Kier molecular flexibility index (Phi) is 6.64. The van der Waals surface area contributed by atoms with E-state index in [1.165, 1.54) is 0 Å². The minimum atomic E-state index is -0.948. The van der Waals surface area contributed by atoms with Gasteiger partial charge in [0.15, 0.2) is 0 Å². The van der Waals surface area contributed by atoms with Gasteiger partial charge in [-0.25, -0.2) is 5.48 Å². The number of aliphatic carboxylic acids is 1. The Bertz CT molecular complexity index is 218. The number of carbonyl (C=O) groups is 2. The predicted molar refractivity (Wildman–Crippen MR) is 53.4 cm³/mol. The van der Waals surface area contributed by atoms with Crippen LogP contribution in [-0.4, -0.2) is 35.3 Å². The maximum Gasteiger partial charge on any atom is 0.305 e. The molecule has 0 fully saturated rings. The summed E-state index contributed by atoms with van der Waals surface area (Å²) in [5, 5.41) is 19.4. The highest BCUT2D eigenvalue weighted by Crippen LogP contribution is 2.09. The molecule has 0 rings (SSSR count). The Morgan fingerprint density at radius 1 is 1.33 bits per heavy atom. The Hall–Kier alpha value is -1.14. The van der Waals surface area contributed by atoms with Crippen LogP contribution in [0.3, 0.4) is 0 Å². The largest absolute Gasteiger partial charge is 0.481 e. The van der Waals surface area contributed by atoms with E-state index in [2.05, 4.69) is 5.32 Å². The zero-order valence-electron chi connectivity index (χ0n) is 8.99. The summed E-state index contributed by atoms with van der Waals surface area (Å²) in [6.45, 7) is 4.00. The van der Waals surface area contributed by atoms with Gasteiger partial charge in [0.1, 0.15) is 0 Å². The highest BCUT2D eigenvalue weighted by Gasteiger charge is 2.21. The second-order valence-electron chi connectivity index (χ2n) is 3.65. The van der Waals surface area contributed by atoms with Crippen LogP contribution in [0.1, 0.15) is 20.3 Å². The third-order valence-electron chi connectivity index (χ3n) is 2.09. The van der Waals surface area contributed by atoms with Gasteiger partial charge in [0.25, 0.3) is 0 Å². The molecule has 1 unspecified atom stereocenters. The van der Waals surface area contributed by atoms with E-state index < -0.39 is 5.97 Å². The quantitative estimate of drug-likeness (QED) is 0.445. The molecule has 6 nitrogen and oxygen atoms in total. The van der Waals surface area contributed by atoms with E-state index in [1.807, 2.05) is 19.3 Å². The summed E-state index contributed by atoms with van der Waals surface area (Å²) in [6, 6.07) is 0. The summed E-state index contributed by atoms with van der Waals surface area (Å²) < 4.78 is 0. The summed E-state index contributed by atoms with van der Waals surface area (Å²) in [7, 11) is 0. The van der Waals surface area contributed by atoms with Gasteiger partial charge in [0.2, 0.25) is 5.91 Å². The highest BCUT2D eigenvalue weighted by atomic mass is 16.5. The lowest BCUT2D eigenvalue weighted by Crippen LogP contribution is -2.39. The van der Waals surface area contributed by atoms with Crippen molar-refractivity contribution in [1.29, 1.82) is 0 Å². The Balaban J connectivity index is 3.97. The van der Waals surface area contributed by atoms with Gasteiger partial charge in [-0.05, 0) is 5.92 Å². The monoisotopic (exact) mass is 218 g/mol. The zero-order chi connectivity index (χ0) is 11.8. The first-order valence-corrected chi connectivity index (χ1v) is 4.85.